The van der Waals surface area contributed by atoms with Gasteiger partial charge in [0.15, 0.2) is 0 Å². The molecule has 0 aromatic heterocycles. The number of hydrogen-bond donors (Lipinski definition) is 1. The predicted molar refractivity (Wildman–Crippen MR) is 87.8 cm³/mol. The molecule has 2 aromatic carbocycles. The van der Waals surface area contributed by atoms with Crippen molar-refractivity contribution in [1.82, 2.24) is 0 Å². The van der Waals surface area contributed by atoms with E-state index in [-0.39, 0.29) is 11.3 Å². The average Bonchev–Trinajstić information content (AvgIpc) is 2.53. The summed E-state index contributed by atoms with van der Waals surface area (Å²) in [5.74, 6) is -0.778. The van der Waals surface area contributed by atoms with E-state index in [0.29, 0.717) is 5.56 Å². The number of rotatable bonds is 3. The first-order valence-corrected chi connectivity index (χ1v) is 7.45. The maximum absolute atomic E-state index is 12.7. The zero-order valence-corrected chi connectivity index (χ0v) is 13.6. The van der Waals surface area contributed by atoms with Gasteiger partial charge in [0.25, 0.3) is 5.91 Å². The minimum Gasteiger partial charge on any atom is -0.321 e. The van der Waals surface area contributed by atoms with E-state index in [4.69, 9.17) is 5.26 Å². The highest BCUT2D eigenvalue weighted by Gasteiger charge is 2.30. The Balaban J connectivity index is 2.21. The summed E-state index contributed by atoms with van der Waals surface area (Å²) in [7, 11) is 0. The van der Waals surface area contributed by atoms with E-state index >= 15 is 0 Å². The fourth-order valence-electron chi connectivity index (χ4n) is 1.85. The van der Waals surface area contributed by atoms with Crippen molar-refractivity contribution in [3.05, 3.63) is 69.7 Å². The quantitative estimate of drug-likeness (QED) is 0.587. The van der Waals surface area contributed by atoms with Crippen LogP contribution in [0.4, 0.5) is 18.9 Å². The van der Waals surface area contributed by atoms with Gasteiger partial charge in [0, 0.05) is 10.2 Å². The predicted octanol–water partition coefficient (Wildman–Crippen LogP) is 5.01. The zero-order valence-electron chi connectivity index (χ0n) is 12.1. The molecular formula is C17H10BrF3N2O. The second-order valence-corrected chi connectivity index (χ2v) is 5.67. The van der Waals surface area contributed by atoms with E-state index in [1.165, 1.54) is 18.2 Å². The number of nitriles is 1. The summed E-state index contributed by atoms with van der Waals surface area (Å²) < 4.78 is 38.8. The van der Waals surface area contributed by atoms with E-state index in [1.807, 2.05) is 0 Å². The number of nitrogens with zero attached hydrogens (tertiary/aromatic N) is 1. The fourth-order valence-corrected chi connectivity index (χ4v) is 2.11. The molecule has 1 N–H and O–H groups in total. The first-order valence-electron chi connectivity index (χ1n) is 6.65. The molecule has 0 unspecified atom stereocenters. The van der Waals surface area contributed by atoms with E-state index in [9.17, 15) is 18.0 Å². The number of alkyl halides is 3. The highest BCUT2D eigenvalue weighted by molar-refractivity contribution is 9.10. The van der Waals surface area contributed by atoms with Gasteiger partial charge in [-0.3, -0.25) is 4.79 Å². The molecule has 3 nitrogen and oxygen atoms in total. The lowest BCUT2D eigenvalue weighted by Gasteiger charge is -2.09. The molecule has 0 bridgehead atoms. The van der Waals surface area contributed by atoms with E-state index in [2.05, 4.69) is 21.2 Å². The van der Waals surface area contributed by atoms with E-state index < -0.39 is 17.6 Å². The van der Waals surface area contributed by atoms with Crippen LogP contribution in [0, 0.1) is 11.3 Å². The van der Waals surface area contributed by atoms with Crippen molar-refractivity contribution in [2.45, 2.75) is 6.18 Å². The standard InChI is InChI=1S/C17H10BrF3N2O/c18-14-6-4-11(5-7-14)8-12(10-22)16(24)23-15-3-1-2-13(9-15)17(19,20)21/h1-9H,(H,23,24). The second-order valence-electron chi connectivity index (χ2n) is 4.75. The Hall–Kier alpha value is -2.59. The number of carbonyl (C=O) groups excluding carboxylic acids is 1. The van der Waals surface area contributed by atoms with Gasteiger partial charge in [-0.25, -0.2) is 0 Å². The van der Waals surface area contributed by atoms with Gasteiger partial charge >= 0.3 is 6.18 Å². The third-order valence-electron chi connectivity index (χ3n) is 2.99. The number of benzene rings is 2. The van der Waals surface area contributed by atoms with Gasteiger partial charge in [0.05, 0.1) is 5.56 Å². The number of nitrogens with one attached hydrogen (secondary N) is 1. The molecule has 122 valence electrons. The molecule has 0 heterocycles. The molecule has 2 aromatic rings. The first-order chi connectivity index (χ1) is 11.3. The van der Waals surface area contributed by atoms with Crippen LogP contribution in [-0.4, -0.2) is 5.91 Å². The van der Waals surface area contributed by atoms with Crippen molar-refractivity contribution < 1.29 is 18.0 Å². The van der Waals surface area contributed by atoms with Crippen molar-refractivity contribution in [3.63, 3.8) is 0 Å². The molecule has 2 rings (SSSR count). The minimum absolute atomic E-state index is 0.0354. The number of halogens is 4. The van der Waals surface area contributed by atoms with Crippen LogP contribution < -0.4 is 5.32 Å². The number of amides is 1. The molecule has 0 aliphatic carbocycles. The summed E-state index contributed by atoms with van der Waals surface area (Å²) in [5.41, 5.74) is -0.508. The van der Waals surface area contributed by atoms with Gasteiger partial charge in [-0.05, 0) is 42.0 Å². The van der Waals surface area contributed by atoms with Gasteiger partial charge in [-0.2, -0.15) is 18.4 Å². The topological polar surface area (TPSA) is 52.9 Å². The minimum atomic E-state index is -4.51. The fraction of sp³-hybridized carbons (Fsp3) is 0.0588. The Kier molecular flexibility index (Phi) is 5.42. The molecule has 1 amide bonds. The summed E-state index contributed by atoms with van der Waals surface area (Å²) in [6.07, 6.45) is -3.15. The molecule has 0 spiro atoms. The molecular weight excluding hydrogens is 385 g/mol. The Morgan fingerprint density at radius 1 is 1.17 bits per heavy atom. The molecule has 0 atom stereocenters. The largest absolute Gasteiger partial charge is 0.416 e. The third-order valence-corrected chi connectivity index (χ3v) is 3.52. The summed E-state index contributed by atoms with van der Waals surface area (Å²) in [5, 5.41) is 11.4. The monoisotopic (exact) mass is 394 g/mol. The molecule has 0 aliphatic rings. The molecule has 0 aliphatic heterocycles. The average molecular weight is 395 g/mol. The summed E-state index contributed by atoms with van der Waals surface area (Å²) >= 11 is 3.27. The smallest absolute Gasteiger partial charge is 0.321 e. The number of hydrogen-bond acceptors (Lipinski definition) is 2. The van der Waals surface area contributed by atoms with Gasteiger partial charge in [0.2, 0.25) is 0 Å². The maximum atomic E-state index is 12.7. The normalized spacial score (nSPS) is 11.7. The summed E-state index contributed by atoms with van der Waals surface area (Å²) in [6, 6.07) is 12.8. The Morgan fingerprint density at radius 2 is 1.83 bits per heavy atom. The van der Waals surface area contributed by atoms with Crippen LogP contribution in [0.25, 0.3) is 6.08 Å². The van der Waals surface area contributed by atoms with Crippen LogP contribution in [0.1, 0.15) is 11.1 Å². The summed E-state index contributed by atoms with van der Waals surface area (Å²) in [6.45, 7) is 0. The van der Waals surface area contributed by atoms with E-state index in [0.717, 1.165) is 16.6 Å². The van der Waals surface area contributed by atoms with Gasteiger partial charge in [-0.15, -0.1) is 0 Å². The van der Waals surface area contributed by atoms with Crippen LogP contribution in [0.2, 0.25) is 0 Å². The van der Waals surface area contributed by atoms with Crippen molar-refractivity contribution in [2.75, 3.05) is 5.32 Å². The molecule has 0 fully saturated rings. The Labute approximate surface area is 144 Å². The lowest BCUT2D eigenvalue weighted by atomic mass is 10.1. The SMILES string of the molecule is N#CC(=Cc1ccc(Br)cc1)C(=O)Nc1cccc(C(F)(F)F)c1. The molecule has 7 heteroatoms. The lowest BCUT2D eigenvalue weighted by molar-refractivity contribution is -0.137. The van der Waals surface area contributed by atoms with Crippen molar-refractivity contribution in [1.29, 1.82) is 5.26 Å². The maximum Gasteiger partial charge on any atom is 0.416 e. The highest BCUT2D eigenvalue weighted by Crippen LogP contribution is 2.30. The molecule has 0 saturated carbocycles. The zero-order chi connectivity index (χ0) is 17.7. The van der Waals surface area contributed by atoms with Crippen LogP contribution in [0.3, 0.4) is 0 Å². The molecule has 0 saturated heterocycles. The van der Waals surface area contributed by atoms with Gasteiger partial charge in [-0.1, -0.05) is 34.1 Å². The third kappa shape index (κ3) is 4.70. The van der Waals surface area contributed by atoms with Gasteiger partial charge < -0.3 is 5.32 Å². The molecule has 24 heavy (non-hydrogen) atoms. The summed E-state index contributed by atoms with van der Waals surface area (Å²) in [4.78, 5) is 12.1. The number of carbonyl (C=O) groups is 1. The van der Waals surface area contributed by atoms with Crippen molar-refractivity contribution in [2.24, 2.45) is 0 Å². The number of anilines is 1. The van der Waals surface area contributed by atoms with Crippen molar-refractivity contribution >= 4 is 33.6 Å². The van der Waals surface area contributed by atoms with Crippen LogP contribution in [0.15, 0.2) is 58.6 Å². The lowest BCUT2D eigenvalue weighted by Crippen LogP contribution is -2.14. The van der Waals surface area contributed by atoms with Crippen LogP contribution >= 0.6 is 15.9 Å². The second kappa shape index (κ2) is 7.32. The van der Waals surface area contributed by atoms with E-state index in [1.54, 1.807) is 30.3 Å². The highest BCUT2D eigenvalue weighted by atomic mass is 79.9. The van der Waals surface area contributed by atoms with Gasteiger partial charge in [0.1, 0.15) is 11.6 Å². The van der Waals surface area contributed by atoms with Crippen molar-refractivity contribution in [3.8, 4) is 6.07 Å². The Bertz CT molecular complexity index is 821. The molecule has 0 radical (unpaired) electrons. The first kappa shape index (κ1) is 17.8. The van der Waals surface area contributed by atoms with Crippen LogP contribution in [-0.2, 0) is 11.0 Å². The van der Waals surface area contributed by atoms with Crippen LogP contribution in [0.5, 0.6) is 0 Å². The Morgan fingerprint density at radius 3 is 2.42 bits per heavy atom.